The van der Waals surface area contributed by atoms with Gasteiger partial charge < -0.3 is 15.4 Å². The summed E-state index contributed by atoms with van der Waals surface area (Å²) < 4.78 is 7.00. The van der Waals surface area contributed by atoms with Crippen LogP contribution >= 0.6 is 0 Å². The lowest BCUT2D eigenvalue weighted by Crippen LogP contribution is -2.44. The summed E-state index contributed by atoms with van der Waals surface area (Å²) in [5.74, 6) is 0.299. The van der Waals surface area contributed by atoms with Gasteiger partial charge in [-0.25, -0.2) is 4.68 Å². The molecular weight excluding hydrogens is 380 g/mol. The van der Waals surface area contributed by atoms with Crippen LogP contribution in [0.5, 0.6) is 0 Å². The maximum absolute atomic E-state index is 13.3. The van der Waals surface area contributed by atoms with Gasteiger partial charge in [-0.1, -0.05) is 17.7 Å². The molecule has 0 bridgehead atoms. The van der Waals surface area contributed by atoms with Crippen molar-refractivity contribution in [1.82, 2.24) is 14.7 Å². The molecule has 1 aliphatic carbocycles. The molecular formula is C23H30N4O3. The number of carbonyl (C=O) groups is 2. The van der Waals surface area contributed by atoms with Crippen molar-refractivity contribution >= 4 is 17.5 Å². The number of anilines is 1. The molecule has 2 fully saturated rings. The maximum Gasteiger partial charge on any atom is 0.226 e. The molecule has 1 aliphatic heterocycles. The molecule has 1 amide bonds. The number of methoxy groups -OCH3 is 1. The smallest absolute Gasteiger partial charge is 0.226 e. The minimum Gasteiger partial charge on any atom is -0.383 e. The molecule has 0 spiro atoms. The SMILES string of the molecule is COC1CCC(C(=O)N2CCCC2C(=O)c2cnn(-c3ccc(C)cc3)c2N)CC1. The highest BCUT2D eigenvalue weighted by atomic mass is 16.5. The number of ether oxygens (including phenoxy) is 1. The molecule has 2 N–H and O–H groups in total. The molecule has 1 aromatic carbocycles. The highest BCUT2D eigenvalue weighted by molar-refractivity contribution is 6.05. The normalized spacial score (nSPS) is 24.2. The van der Waals surface area contributed by atoms with E-state index in [2.05, 4.69) is 5.10 Å². The average molecular weight is 411 g/mol. The van der Waals surface area contributed by atoms with Crippen molar-refractivity contribution in [3.63, 3.8) is 0 Å². The Morgan fingerprint density at radius 3 is 2.47 bits per heavy atom. The molecule has 1 saturated heterocycles. The summed E-state index contributed by atoms with van der Waals surface area (Å²) in [4.78, 5) is 28.3. The van der Waals surface area contributed by atoms with Gasteiger partial charge in [0.1, 0.15) is 5.82 Å². The Morgan fingerprint density at radius 1 is 1.10 bits per heavy atom. The second-order valence-electron chi connectivity index (χ2n) is 8.45. The highest BCUT2D eigenvalue weighted by Crippen LogP contribution is 2.32. The van der Waals surface area contributed by atoms with Crippen LogP contribution in [0.2, 0.25) is 0 Å². The van der Waals surface area contributed by atoms with Crippen molar-refractivity contribution in [2.45, 2.75) is 57.6 Å². The minimum absolute atomic E-state index is 0.0163. The van der Waals surface area contributed by atoms with Crippen molar-refractivity contribution in [3.05, 3.63) is 41.6 Å². The quantitative estimate of drug-likeness (QED) is 0.765. The van der Waals surface area contributed by atoms with Crippen LogP contribution in [0.25, 0.3) is 5.69 Å². The zero-order chi connectivity index (χ0) is 21.3. The number of nitrogen functional groups attached to an aromatic ring is 1. The Bertz CT molecular complexity index is 913. The zero-order valence-corrected chi connectivity index (χ0v) is 17.7. The van der Waals surface area contributed by atoms with Crippen LogP contribution in [0, 0.1) is 12.8 Å². The predicted molar refractivity (Wildman–Crippen MR) is 115 cm³/mol. The fraction of sp³-hybridized carbons (Fsp3) is 0.522. The lowest BCUT2D eigenvalue weighted by Gasteiger charge is -2.32. The monoisotopic (exact) mass is 410 g/mol. The molecule has 4 rings (SSSR count). The third-order valence-electron chi connectivity index (χ3n) is 6.55. The Kier molecular flexibility index (Phi) is 5.90. The van der Waals surface area contributed by atoms with Crippen molar-refractivity contribution in [1.29, 1.82) is 0 Å². The van der Waals surface area contributed by atoms with E-state index < -0.39 is 6.04 Å². The number of nitrogens with two attached hydrogens (primary N) is 1. The van der Waals surface area contributed by atoms with Crippen LogP contribution in [0.4, 0.5) is 5.82 Å². The van der Waals surface area contributed by atoms with Crippen LogP contribution in [0.15, 0.2) is 30.5 Å². The molecule has 1 atom stereocenters. The first-order valence-electron chi connectivity index (χ1n) is 10.8. The van der Waals surface area contributed by atoms with E-state index >= 15 is 0 Å². The van der Waals surface area contributed by atoms with Gasteiger partial charge in [0.15, 0.2) is 5.78 Å². The van der Waals surface area contributed by atoms with Gasteiger partial charge in [-0.3, -0.25) is 9.59 Å². The molecule has 1 unspecified atom stereocenters. The minimum atomic E-state index is -0.449. The van der Waals surface area contributed by atoms with Crippen molar-refractivity contribution in [2.75, 3.05) is 19.4 Å². The molecule has 160 valence electrons. The van der Waals surface area contributed by atoms with Gasteiger partial charge in [-0.05, 0) is 57.6 Å². The topological polar surface area (TPSA) is 90.5 Å². The lowest BCUT2D eigenvalue weighted by atomic mass is 9.86. The number of nitrogens with zero attached hydrogens (tertiary/aromatic N) is 3. The molecule has 2 heterocycles. The number of Topliss-reactive ketones (excluding diaryl/α,β-unsaturated/α-hetero) is 1. The van der Waals surface area contributed by atoms with E-state index in [0.29, 0.717) is 24.3 Å². The van der Waals surface area contributed by atoms with Crippen molar-refractivity contribution < 1.29 is 14.3 Å². The summed E-state index contributed by atoms with van der Waals surface area (Å²) in [7, 11) is 1.73. The summed E-state index contributed by atoms with van der Waals surface area (Å²) in [6, 6.07) is 7.36. The molecule has 2 aliphatic rings. The van der Waals surface area contributed by atoms with Crippen LogP contribution < -0.4 is 5.73 Å². The molecule has 2 aromatic rings. The fourth-order valence-electron chi connectivity index (χ4n) is 4.70. The third-order valence-corrected chi connectivity index (χ3v) is 6.55. The Balaban J connectivity index is 1.50. The zero-order valence-electron chi connectivity index (χ0n) is 17.7. The Labute approximate surface area is 177 Å². The number of likely N-dealkylation sites (tertiary alicyclic amines) is 1. The van der Waals surface area contributed by atoms with Crippen LogP contribution in [0.3, 0.4) is 0 Å². The molecule has 1 aromatic heterocycles. The van der Waals surface area contributed by atoms with Gasteiger partial charge in [0.2, 0.25) is 5.91 Å². The number of hydrogen-bond acceptors (Lipinski definition) is 5. The maximum atomic E-state index is 13.3. The predicted octanol–water partition coefficient (Wildman–Crippen LogP) is 3.14. The number of ketones is 1. The number of benzene rings is 1. The van der Waals surface area contributed by atoms with E-state index in [-0.39, 0.29) is 23.7 Å². The van der Waals surface area contributed by atoms with Gasteiger partial charge in [-0.2, -0.15) is 5.10 Å². The molecule has 30 heavy (non-hydrogen) atoms. The van der Waals surface area contributed by atoms with Crippen molar-refractivity contribution in [3.8, 4) is 5.69 Å². The van der Waals surface area contributed by atoms with Gasteiger partial charge in [-0.15, -0.1) is 0 Å². The average Bonchev–Trinajstić information content (AvgIpc) is 3.40. The van der Waals surface area contributed by atoms with Crippen LogP contribution in [-0.4, -0.2) is 52.2 Å². The molecule has 7 heteroatoms. The van der Waals surface area contributed by atoms with Gasteiger partial charge in [0.05, 0.1) is 29.6 Å². The molecule has 7 nitrogen and oxygen atoms in total. The molecule has 1 saturated carbocycles. The number of amides is 1. The van der Waals surface area contributed by atoms with E-state index in [1.54, 1.807) is 16.7 Å². The number of carbonyl (C=O) groups excluding carboxylic acids is 2. The summed E-state index contributed by atoms with van der Waals surface area (Å²) >= 11 is 0. The largest absolute Gasteiger partial charge is 0.383 e. The Hall–Kier alpha value is -2.67. The van der Waals surface area contributed by atoms with Gasteiger partial charge >= 0.3 is 0 Å². The van der Waals surface area contributed by atoms with E-state index in [4.69, 9.17) is 10.5 Å². The summed E-state index contributed by atoms with van der Waals surface area (Å²) in [6.45, 7) is 2.64. The van der Waals surface area contributed by atoms with E-state index in [9.17, 15) is 9.59 Å². The van der Waals surface area contributed by atoms with Crippen LogP contribution in [0.1, 0.15) is 54.4 Å². The summed E-state index contributed by atoms with van der Waals surface area (Å²) in [5, 5.41) is 4.34. The fourth-order valence-corrected chi connectivity index (χ4v) is 4.70. The summed E-state index contributed by atoms with van der Waals surface area (Å²) in [6.07, 6.45) is 6.73. The first kappa shape index (κ1) is 20.6. The van der Waals surface area contributed by atoms with E-state index in [1.165, 1.54) is 6.20 Å². The van der Waals surface area contributed by atoms with Gasteiger partial charge in [0, 0.05) is 19.6 Å². The standard InChI is InChI=1S/C23H30N4O3/c1-15-5-9-17(10-6-15)27-22(24)19(14-25-27)21(28)20-4-3-13-26(20)23(29)16-7-11-18(30-2)12-8-16/h5-6,9-10,14,16,18,20H,3-4,7-8,11-13,24H2,1-2H3. The lowest BCUT2D eigenvalue weighted by molar-refractivity contribution is -0.137. The van der Waals surface area contributed by atoms with E-state index in [0.717, 1.165) is 43.4 Å². The number of aryl methyl sites for hydroxylation is 1. The van der Waals surface area contributed by atoms with Crippen molar-refractivity contribution in [2.24, 2.45) is 5.92 Å². The first-order valence-corrected chi connectivity index (χ1v) is 10.8. The van der Waals surface area contributed by atoms with Crippen LogP contribution in [-0.2, 0) is 9.53 Å². The van der Waals surface area contributed by atoms with E-state index in [1.807, 2.05) is 31.2 Å². The highest BCUT2D eigenvalue weighted by Gasteiger charge is 2.39. The summed E-state index contributed by atoms with van der Waals surface area (Å²) in [5.41, 5.74) is 8.64. The number of hydrogen-bond donors (Lipinski definition) is 1. The number of aromatic nitrogens is 2. The second kappa shape index (κ2) is 8.60. The second-order valence-corrected chi connectivity index (χ2v) is 8.45. The molecule has 0 radical (unpaired) electrons. The van der Waals surface area contributed by atoms with Gasteiger partial charge in [0.25, 0.3) is 0 Å². The third kappa shape index (κ3) is 3.86. The number of rotatable bonds is 5. The first-order chi connectivity index (χ1) is 14.5. The Morgan fingerprint density at radius 2 is 1.80 bits per heavy atom.